The third-order valence-corrected chi connectivity index (χ3v) is 3.32. The number of aldehydes is 1. The van der Waals surface area contributed by atoms with Gasteiger partial charge in [0.2, 0.25) is 0 Å². The Morgan fingerprint density at radius 3 is 2.47 bits per heavy atom. The number of ether oxygens (including phenoxy) is 1. The Balaban J connectivity index is 2.66. The maximum absolute atomic E-state index is 11.7. The Hall–Kier alpha value is -1.63. The van der Waals surface area contributed by atoms with Crippen LogP contribution in [-0.2, 0) is 25.1 Å². The van der Waals surface area contributed by atoms with Crippen molar-refractivity contribution in [1.82, 2.24) is 0 Å². The molecule has 0 aromatic carbocycles. The predicted octanol–water partition coefficient (Wildman–Crippen LogP) is 1.35. The number of hydrogen-bond acceptors (Lipinski definition) is 6. The van der Waals surface area contributed by atoms with Gasteiger partial charge in [-0.2, -0.15) is 0 Å². The Bertz CT molecular complexity index is 561. The van der Waals surface area contributed by atoms with Crippen LogP contribution in [0.2, 0.25) is 0 Å². The Kier molecular flexibility index (Phi) is 4.52. The third kappa shape index (κ3) is 5.69. The van der Waals surface area contributed by atoms with Crippen LogP contribution < -0.4 is 0 Å². The molecule has 0 saturated heterocycles. The van der Waals surface area contributed by atoms with Gasteiger partial charge < -0.3 is 9.15 Å². The number of carbonyl (C=O) groups is 2. The summed E-state index contributed by atoms with van der Waals surface area (Å²) in [5.74, 6) is -1.82. The van der Waals surface area contributed by atoms with Crippen molar-refractivity contribution in [1.29, 1.82) is 0 Å². The highest BCUT2D eigenvalue weighted by Gasteiger charge is 2.24. The van der Waals surface area contributed by atoms with E-state index in [1.807, 2.05) is 0 Å². The number of furan rings is 1. The van der Waals surface area contributed by atoms with Crippen molar-refractivity contribution in [3.8, 4) is 0 Å². The van der Waals surface area contributed by atoms with Crippen molar-refractivity contribution in [3.63, 3.8) is 0 Å². The second kappa shape index (κ2) is 5.56. The van der Waals surface area contributed by atoms with Crippen LogP contribution in [0.25, 0.3) is 0 Å². The lowest BCUT2D eigenvalue weighted by Crippen LogP contribution is -2.28. The molecule has 1 heterocycles. The maximum atomic E-state index is 11.7. The van der Waals surface area contributed by atoms with Crippen LogP contribution in [-0.4, -0.2) is 32.0 Å². The SMILES string of the molecule is CC(C)(C)OC(=O)CS(=O)(=O)Cc1ccc(C=O)o1. The minimum Gasteiger partial charge on any atom is -0.459 e. The Morgan fingerprint density at radius 2 is 2.00 bits per heavy atom. The number of carbonyl (C=O) groups excluding carboxylic acids is 2. The summed E-state index contributed by atoms with van der Waals surface area (Å²) in [6.45, 7) is 4.96. The Labute approximate surface area is 111 Å². The zero-order valence-corrected chi connectivity index (χ0v) is 11.8. The molecule has 19 heavy (non-hydrogen) atoms. The van der Waals surface area contributed by atoms with Gasteiger partial charge in [0, 0.05) is 0 Å². The van der Waals surface area contributed by atoms with Crippen LogP contribution in [0.3, 0.4) is 0 Å². The lowest BCUT2D eigenvalue weighted by Gasteiger charge is -2.19. The molecule has 0 aliphatic heterocycles. The number of sulfone groups is 1. The van der Waals surface area contributed by atoms with Crippen LogP contribution in [0.5, 0.6) is 0 Å². The molecule has 0 amide bonds. The molecule has 1 aromatic rings. The summed E-state index contributed by atoms with van der Waals surface area (Å²) in [6, 6.07) is 2.75. The van der Waals surface area contributed by atoms with Gasteiger partial charge in [0.25, 0.3) is 0 Å². The van der Waals surface area contributed by atoms with Crippen LogP contribution in [0.1, 0.15) is 37.1 Å². The molecule has 0 spiro atoms. The Morgan fingerprint density at radius 1 is 1.37 bits per heavy atom. The summed E-state index contributed by atoms with van der Waals surface area (Å²) in [4.78, 5) is 21.8. The molecule has 0 N–H and O–H groups in total. The summed E-state index contributed by atoms with van der Waals surface area (Å²) < 4.78 is 33.4. The first-order valence-electron chi connectivity index (χ1n) is 5.57. The predicted molar refractivity (Wildman–Crippen MR) is 67.4 cm³/mol. The van der Waals surface area contributed by atoms with Crippen LogP contribution in [0, 0.1) is 0 Å². The molecule has 6 nitrogen and oxygen atoms in total. The van der Waals surface area contributed by atoms with Crippen molar-refractivity contribution < 1.29 is 27.2 Å². The monoisotopic (exact) mass is 288 g/mol. The molecule has 0 atom stereocenters. The van der Waals surface area contributed by atoms with Crippen molar-refractivity contribution in [3.05, 3.63) is 23.7 Å². The molecule has 0 fully saturated rings. The van der Waals surface area contributed by atoms with Gasteiger partial charge in [0.05, 0.1) is 0 Å². The highest BCUT2D eigenvalue weighted by molar-refractivity contribution is 7.91. The highest BCUT2D eigenvalue weighted by Crippen LogP contribution is 2.12. The second-order valence-electron chi connectivity index (χ2n) is 5.04. The number of rotatable bonds is 5. The van der Waals surface area contributed by atoms with Crippen molar-refractivity contribution in [2.75, 3.05) is 5.75 Å². The lowest BCUT2D eigenvalue weighted by atomic mass is 10.2. The van der Waals surface area contributed by atoms with E-state index in [-0.39, 0.29) is 11.5 Å². The van der Waals surface area contributed by atoms with Crippen molar-refractivity contribution in [2.24, 2.45) is 0 Å². The molecule has 0 aliphatic carbocycles. The van der Waals surface area contributed by atoms with E-state index in [4.69, 9.17) is 9.15 Å². The van der Waals surface area contributed by atoms with Crippen LogP contribution >= 0.6 is 0 Å². The molecular formula is C12H16O6S. The quantitative estimate of drug-likeness (QED) is 0.600. The zero-order valence-electron chi connectivity index (χ0n) is 11.0. The molecule has 0 aliphatic rings. The molecule has 7 heteroatoms. The van der Waals surface area contributed by atoms with E-state index >= 15 is 0 Å². The zero-order chi connectivity index (χ0) is 14.7. The molecule has 0 saturated carbocycles. The lowest BCUT2D eigenvalue weighted by molar-refractivity contribution is -0.151. The van der Waals surface area contributed by atoms with Gasteiger partial charge in [-0.25, -0.2) is 8.42 Å². The van der Waals surface area contributed by atoms with E-state index in [0.29, 0.717) is 6.29 Å². The summed E-state index contributed by atoms with van der Waals surface area (Å²) in [6.07, 6.45) is 0.476. The van der Waals surface area contributed by atoms with Crippen molar-refractivity contribution in [2.45, 2.75) is 32.1 Å². The molecule has 106 valence electrons. The fourth-order valence-corrected chi connectivity index (χ4v) is 2.46. The summed E-state index contributed by atoms with van der Waals surface area (Å²) in [5.41, 5.74) is -0.734. The maximum Gasteiger partial charge on any atom is 0.321 e. The fourth-order valence-electron chi connectivity index (χ4n) is 1.35. The largest absolute Gasteiger partial charge is 0.459 e. The van der Waals surface area contributed by atoms with Gasteiger partial charge in [0.15, 0.2) is 21.9 Å². The average molecular weight is 288 g/mol. The van der Waals surface area contributed by atoms with E-state index < -0.39 is 32.9 Å². The van der Waals surface area contributed by atoms with E-state index in [9.17, 15) is 18.0 Å². The molecule has 1 rings (SSSR count). The highest BCUT2D eigenvalue weighted by atomic mass is 32.2. The third-order valence-electron chi connectivity index (χ3n) is 1.92. The smallest absolute Gasteiger partial charge is 0.321 e. The van der Waals surface area contributed by atoms with Gasteiger partial charge in [0.1, 0.15) is 22.9 Å². The van der Waals surface area contributed by atoms with Gasteiger partial charge in [-0.3, -0.25) is 9.59 Å². The first-order chi connectivity index (χ1) is 8.61. The number of esters is 1. The molecule has 0 radical (unpaired) electrons. The van der Waals surface area contributed by atoms with E-state index in [1.165, 1.54) is 12.1 Å². The summed E-state index contributed by atoms with van der Waals surface area (Å²) in [7, 11) is -3.69. The topological polar surface area (TPSA) is 90.7 Å². The molecule has 0 unspecified atom stereocenters. The molecule has 0 bridgehead atoms. The van der Waals surface area contributed by atoms with Gasteiger partial charge in [-0.15, -0.1) is 0 Å². The standard InChI is InChI=1S/C12H16O6S/c1-12(2,3)18-11(14)8-19(15,16)7-10-5-4-9(6-13)17-10/h4-6H,7-8H2,1-3H3. The summed E-state index contributed by atoms with van der Waals surface area (Å²) >= 11 is 0. The second-order valence-corrected chi connectivity index (χ2v) is 7.11. The van der Waals surface area contributed by atoms with Crippen LogP contribution in [0.4, 0.5) is 0 Å². The molecular weight excluding hydrogens is 272 g/mol. The van der Waals surface area contributed by atoms with Crippen LogP contribution in [0.15, 0.2) is 16.5 Å². The first kappa shape index (κ1) is 15.4. The summed E-state index contributed by atoms with van der Waals surface area (Å²) in [5, 5.41) is 0. The number of hydrogen-bond donors (Lipinski definition) is 0. The normalized spacial score (nSPS) is 12.2. The van der Waals surface area contributed by atoms with E-state index in [1.54, 1.807) is 20.8 Å². The van der Waals surface area contributed by atoms with Gasteiger partial charge in [-0.1, -0.05) is 0 Å². The minimum absolute atomic E-state index is 0.0440. The van der Waals surface area contributed by atoms with E-state index in [0.717, 1.165) is 0 Å². The first-order valence-corrected chi connectivity index (χ1v) is 7.39. The van der Waals surface area contributed by atoms with E-state index in [2.05, 4.69) is 0 Å². The van der Waals surface area contributed by atoms with Crippen molar-refractivity contribution >= 4 is 22.1 Å². The van der Waals surface area contributed by atoms with Gasteiger partial charge >= 0.3 is 5.97 Å². The average Bonchev–Trinajstić information content (AvgIpc) is 2.60. The molecule has 1 aromatic heterocycles. The minimum atomic E-state index is -3.69. The fraction of sp³-hybridized carbons (Fsp3) is 0.500. The van der Waals surface area contributed by atoms with Gasteiger partial charge in [-0.05, 0) is 32.9 Å².